The van der Waals surface area contributed by atoms with Crippen molar-refractivity contribution in [2.75, 3.05) is 19.6 Å². The van der Waals surface area contributed by atoms with Gasteiger partial charge in [-0.1, -0.05) is 6.92 Å². The van der Waals surface area contributed by atoms with Crippen molar-refractivity contribution in [1.82, 2.24) is 10.6 Å². The molecule has 0 radical (unpaired) electrons. The number of carbonyl (C=O) groups excluding carboxylic acids is 1. The molecule has 2 N–H and O–H groups in total. The van der Waals surface area contributed by atoms with Gasteiger partial charge in [0.05, 0.1) is 0 Å². The molecule has 1 saturated heterocycles. The summed E-state index contributed by atoms with van der Waals surface area (Å²) < 4.78 is 0. The van der Waals surface area contributed by atoms with Crippen molar-refractivity contribution in [1.29, 1.82) is 0 Å². The highest BCUT2D eigenvalue weighted by Crippen LogP contribution is 2.35. The summed E-state index contributed by atoms with van der Waals surface area (Å²) in [4.78, 5) is 11.9. The van der Waals surface area contributed by atoms with E-state index in [1.54, 1.807) is 0 Å². The van der Waals surface area contributed by atoms with Gasteiger partial charge in [0.15, 0.2) is 0 Å². The van der Waals surface area contributed by atoms with Crippen LogP contribution in [-0.2, 0) is 4.79 Å². The highest BCUT2D eigenvalue weighted by atomic mass is 16.1. The van der Waals surface area contributed by atoms with Gasteiger partial charge in [0.2, 0.25) is 5.91 Å². The van der Waals surface area contributed by atoms with E-state index in [-0.39, 0.29) is 0 Å². The van der Waals surface area contributed by atoms with Gasteiger partial charge in [-0.3, -0.25) is 4.79 Å². The van der Waals surface area contributed by atoms with Crippen LogP contribution in [0.4, 0.5) is 0 Å². The topological polar surface area (TPSA) is 41.1 Å². The number of hydrogen-bond acceptors (Lipinski definition) is 2. The van der Waals surface area contributed by atoms with E-state index in [1.807, 2.05) is 0 Å². The third kappa shape index (κ3) is 2.71. The van der Waals surface area contributed by atoms with E-state index in [0.29, 0.717) is 11.8 Å². The van der Waals surface area contributed by atoms with E-state index < -0.39 is 0 Å². The third-order valence-electron chi connectivity index (χ3n) is 3.69. The molecule has 15 heavy (non-hydrogen) atoms. The molecule has 1 aliphatic carbocycles. The molecule has 2 atom stereocenters. The summed E-state index contributed by atoms with van der Waals surface area (Å²) in [5.41, 5.74) is 0. The molecule has 1 saturated carbocycles. The predicted octanol–water partition coefficient (Wildman–Crippen LogP) is 1.15. The average molecular weight is 210 g/mol. The van der Waals surface area contributed by atoms with Crippen molar-refractivity contribution >= 4 is 5.91 Å². The van der Waals surface area contributed by atoms with Crippen molar-refractivity contribution in [3.05, 3.63) is 0 Å². The number of rotatable bonds is 3. The molecule has 1 aliphatic heterocycles. The number of hydrogen-bond donors (Lipinski definition) is 2. The molecule has 0 spiro atoms. The Balaban J connectivity index is 1.85. The maximum Gasteiger partial charge on any atom is 0.223 e. The van der Waals surface area contributed by atoms with Crippen LogP contribution in [0.1, 0.15) is 32.6 Å². The molecule has 2 fully saturated rings. The Morgan fingerprint density at radius 1 is 1.27 bits per heavy atom. The molecule has 3 nitrogen and oxygen atoms in total. The molecule has 1 heterocycles. The molecule has 0 aromatic rings. The van der Waals surface area contributed by atoms with Crippen LogP contribution in [0.25, 0.3) is 0 Å². The number of fused-ring (bicyclic) bond motifs is 2. The van der Waals surface area contributed by atoms with Crippen LogP contribution in [0, 0.1) is 17.8 Å². The fraction of sp³-hybridized carbons (Fsp3) is 0.917. The molecule has 2 unspecified atom stereocenters. The molecule has 2 bridgehead atoms. The lowest BCUT2D eigenvalue weighted by Crippen LogP contribution is -2.45. The van der Waals surface area contributed by atoms with Crippen LogP contribution in [0.5, 0.6) is 0 Å². The van der Waals surface area contributed by atoms with Gasteiger partial charge in [-0.2, -0.15) is 0 Å². The van der Waals surface area contributed by atoms with Crippen molar-refractivity contribution < 1.29 is 4.79 Å². The minimum atomic E-state index is 0.294. The Morgan fingerprint density at radius 2 is 1.93 bits per heavy atom. The number of nitrogens with one attached hydrogen (secondary N) is 2. The zero-order chi connectivity index (χ0) is 10.7. The van der Waals surface area contributed by atoms with Crippen LogP contribution >= 0.6 is 0 Å². The molecule has 2 rings (SSSR count). The van der Waals surface area contributed by atoms with Crippen LogP contribution < -0.4 is 10.6 Å². The first kappa shape index (κ1) is 10.9. The van der Waals surface area contributed by atoms with Crippen molar-refractivity contribution in [2.45, 2.75) is 32.6 Å². The summed E-state index contributed by atoms with van der Waals surface area (Å²) in [5.74, 6) is 2.08. The summed E-state index contributed by atoms with van der Waals surface area (Å²) in [5, 5.41) is 6.49. The standard InChI is InChI=1S/C12H22N2O/c1-2-3-14-12(15)11-5-9-4-10(6-11)8-13-7-9/h9-11,13H,2-8H2,1H3,(H,14,15). The van der Waals surface area contributed by atoms with Crippen LogP contribution in [0.3, 0.4) is 0 Å². The first-order valence-electron chi connectivity index (χ1n) is 6.28. The van der Waals surface area contributed by atoms with Crippen molar-refractivity contribution in [3.63, 3.8) is 0 Å². The number of amides is 1. The fourth-order valence-electron chi connectivity index (χ4n) is 3.00. The summed E-state index contributed by atoms with van der Waals surface area (Å²) in [6, 6.07) is 0. The van der Waals surface area contributed by atoms with E-state index in [2.05, 4.69) is 17.6 Å². The second-order valence-electron chi connectivity index (χ2n) is 5.09. The lowest BCUT2D eigenvalue weighted by molar-refractivity contribution is -0.127. The molecule has 0 aromatic heterocycles. The minimum Gasteiger partial charge on any atom is -0.356 e. The van der Waals surface area contributed by atoms with Gasteiger partial charge in [0.1, 0.15) is 0 Å². The first-order valence-corrected chi connectivity index (χ1v) is 6.28. The Morgan fingerprint density at radius 3 is 2.53 bits per heavy atom. The molecule has 0 aromatic carbocycles. The van der Waals surface area contributed by atoms with Gasteiger partial charge in [-0.15, -0.1) is 0 Å². The maximum atomic E-state index is 11.9. The van der Waals surface area contributed by atoms with Gasteiger partial charge in [-0.25, -0.2) is 0 Å². The quantitative estimate of drug-likeness (QED) is 0.733. The Hall–Kier alpha value is -0.570. The monoisotopic (exact) mass is 210 g/mol. The first-order chi connectivity index (χ1) is 7.29. The summed E-state index contributed by atoms with van der Waals surface area (Å²) >= 11 is 0. The van der Waals surface area contributed by atoms with E-state index >= 15 is 0 Å². The second-order valence-corrected chi connectivity index (χ2v) is 5.09. The lowest BCUT2D eigenvalue weighted by atomic mass is 9.73. The van der Waals surface area contributed by atoms with Crippen LogP contribution in [0.15, 0.2) is 0 Å². The normalized spacial score (nSPS) is 34.9. The smallest absolute Gasteiger partial charge is 0.223 e. The average Bonchev–Trinajstić information content (AvgIpc) is 2.25. The summed E-state index contributed by atoms with van der Waals surface area (Å²) in [6.45, 7) is 5.17. The minimum absolute atomic E-state index is 0.294. The molecule has 86 valence electrons. The van der Waals surface area contributed by atoms with Crippen LogP contribution in [-0.4, -0.2) is 25.5 Å². The number of carbonyl (C=O) groups is 1. The SMILES string of the molecule is CCCNC(=O)C1CC2CNCC(C2)C1. The van der Waals surface area contributed by atoms with Gasteiger partial charge in [-0.05, 0) is 50.6 Å². The van der Waals surface area contributed by atoms with E-state index in [4.69, 9.17) is 0 Å². The van der Waals surface area contributed by atoms with E-state index in [0.717, 1.165) is 50.7 Å². The number of piperidine rings is 1. The maximum absolute atomic E-state index is 11.9. The molecular weight excluding hydrogens is 188 g/mol. The Labute approximate surface area is 92.0 Å². The molecule has 2 aliphatic rings. The van der Waals surface area contributed by atoms with E-state index in [9.17, 15) is 4.79 Å². The zero-order valence-corrected chi connectivity index (χ0v) is 9.59. The van der Waals surface area contributed by atoms with Crippen molar-refractivity contribution in [3.8, 4) is 0 Å². The summed E-state index contributed by atoms with van der Waals surface area (Å²) in [7, 11) is 0. The summed E-state index contributed by atoms with van der Waals surface area (Å²) in [6.07, 6.45) is 4.57. The second kappa shape index (κ2) is 4.97. The van der Waals surface area contributed by atoms with Gasteiger partial charge >= 0.3 is 0 Å². The van der Waals surface area contributed by atoms with Gasteiger partial charge in [0.25, 0.3) is 0 Å². The lowest BCUT2D eigenvalue weighted by Gasteiger charge is -2.38. The molecule has 1 amide bonds. The highest BCUT2D eigenvalue weighted by molar-refractivity contribution is 5.78. The van der Waals surface area contributed by atoms with E-state index in [1.165, 1.54) is 6.42 Å². The predicted molar refractivity (Wildman–Crippen MR) is 60.5 cm³/mol. The third-order valence-corrected chi connectivity index (χ3v) is 3.69. The van der Waals surface area contributed by atoms with Gasteiger partial charge < -0.3 is 10.6 Å². The zero-order valence-electron chi connectivity index (χ0n) is 9.59. The molecule has 3 heteroatoms. The van der Waals surface area contributed by atoms with Crippen molar-refractivity contribution in [2.24, 2.45) is 17.8 Å². The Bertz CT molecular complexity index is 218. The Kier molecular flexibility index (Phi) is 3.62. The molecular formula is C12H22N2O. The fourth-order valence-corrected chi connectivity index (χ4v) is 3.00. The van der Waals surface area contributed by atoms with Crippen LogP contribution in [0.2, 0.25) is 0 Å². The van der Waals surface area contributed by atoms with Gasteiger partial charge in [0, 0.05) is 12.5 Å². The highest BCUT2D eigenvalue weighted by Gasteiger charge is 2.34. The largest absolute Gasteiger partial charge is 0.356 e.